The van der Waals surface area contributed by atoms with Gasteiger partial charge in [0.2, 0.25) is 0 Å². The van der Waals surface area contributed by atoms with Crippen molar-refractivity contribution in [3.8, 4) is 11.5 Å². The largest absolute Gasteiger partial charge is 0.493 e. The molecule has 0 aliphatic rings. The summed E-state index contributed by atoms with van der Waals surface area (Å²) in [7, 11) is 1.45. The van der Waals surface area contributed by atoms with Crippen molar-refractivity contribution >= 4 is 23.8 Å². The third kappa shape index (κ3) is 4.07. The number of nitrogens with zero attached hydrogens (tertiary/aromatic N) is 1. The molecule has 0 amide bonds. The predicted octanol–water partition coefficient (Wildman–Crippen LogP) is 3.24. The Kier molecular flexibility index (Phi) is 5.46. The molecule has 0 saturated carbocycles. The Morgan fingerprint density at radius 2 is 1.92 bits per heavy atom. The van der Waals surface area contributed by atoms with Crippen molar-refractivity contribution in [2.24, 2.45) is 4.99 Å². The summed E-state index contributed by atoms with van der Waals surface area (Å²) in [6, 6.07) is 11.3. The van der Waals surface area contributed by atoms with Crippen LogP contribution in [-0.2, 0) is 4.79 Å². The first-order chi connectivity index (χ1) is 11.5. The molecule has 0 spiro atoms. The van der Waals surface area contributed by atoms with Gasteiger partial charge in [-0.2, -0.15) is 0 Å². The molecule has 0 atom stereocenters. The number of para-hydroxylation sites is 1. The quantitative estimate of drug-likeness (QED) is 0.381. The first-order valence-corrected chi connectivity index (χ1v) is 6.94. The molecule has 0 unspecified atom stereocenters. The van der Waals surface area contributed by atoms with E-state index in [1.54, 1.807) is 36.4 Å². The summed E-state index contributed by atoms with van der Waals surface area (Å²) in [5, 5.41) is 9.14. The Morgan fingerprint density at radius 3 is 2.58 bits per heavy atom. The van der Waals surface area contributed by atoms with Crippen molar-refractivity contribution in [3.05, 3.63) is 66.2 Å². The number of hydrogen-bond acceptors (Lipinski definition) is 5. The van der Waals surface area contributed by atoms with E-state index < -0.39 is 11.9 Å². The number of ether oxygens (including phenoxy) is 2. The molecular formula is C18H15NO5. The minimum absolute atomic E-state index is 0.109. The lowest BCUT2D eigenvalue weighted by atomic mass is 10.2. The van der Waals surface area contributed by atoms with Crippen molar-refractivity contribution in [1.82, 2.24) is 0 Å². The average Bonchev–Trinajstić information content (AvgIpc) is 2.60. The van der Waals surface area contributed by atoms with Crippen LogP contribution < -0.4 is 9.47 Å². The number of esters is 1. The summed E-state index contributed by atoms with van der Waals surface area (Å²) in [6.07, 6.45) is 2.56. The molecular weight excluding hydrogens is 310 g/mol. The van der Waals surface area contributed by atoms with Crippen LogP contribution in [0.1, 0.15) is 15.9 Å². The van der Waals surface area contributed by atoms with Gasteiger partial charge in [0.15, 0.2) is 11.5 Å². The minimum Gasteiger partial charge on any atom is -0.493 e. The van der Waals surface area contributed by atoms with E-state index in [9.17, 15) is 9.59 Å². The SMILES string of the molecule is C=CC(=O)Oc1ccc(C=Nc2ccccc2C(=O)O)cc1OC. The summed E-state index contributed by atoms with van der Waals surface area (Å²) >= 11 is 0. The van der Waals surface area contributed by atoms with Gasteiger partial charge in [-0.1, -0.05) is 18.7 Å². The number of carboxylic acid groups (broad SMARTS) is 1. The molecule has 0 fully saturated rings. The smallest absolute Gasteiger partial charge is 0.337 e. The number of aromatic carboxylic acids is 1. The van der Waals surface area contributed by atoms with Gasteiger partial charge in [-0.25, -0.2) is 9.59 Å². The predicted molar refractivity (Wildman–Crippen MR) is 89.5 cm³/mol. The summed E-state index contributed by atoms with van der Waals surface area (Å²) in [4.78, 5) is 26.6. The maximum atomic E-state index is 11.3. The van der Waals surface area contributed by atoms with E-state index in [1.807, 2.05) is 0 Å². The average molecular weight is 325 g/mol. The monoisotopic (exact) mass is 325 g/mol. The second-order valence-corrected chi connectivity index (χ2v) is 4.62. The molecule has 2 rings (SSSR count). The van der Waals surface area contributed by atoms with Gasteiger partial charge in [0, 0.05) is 12.3 Å². The van der Waals surface area contributed by atoms with Crippen LogP contribution in [-0.4, -0.2) is 30.4 Å². The maximum absolute atomic E-state index is 11.3. The molecule has 0 aromatic heterocycles. The lowest BCUT2D eigenvalue weighted by Crippen LogP contribution is -2.04. The first-order valence-electron chi connectivity index (χ1n) is 6.94. The van der Waals surface area contributed by atoms with Gasteiger partial charge >= 0.3 is 11.9 Å². The number of carboxylic acids is 1. The van der Waals surface area contributed by atoms with E-state index in [4.69, 9.17) is 14.6 Å². The summed E-state index contributed by atoms with van der Waals surface area (Å²) in [5.74, 6) is -1.04. The Hall–Kier alpha value is -3.41. The van der Waals surface area contributed by atoms with E-state index in [1.165, 1.54) is 19.4 Å². The highest BCUT2D eigenvalue weighted by Crippen LogP contribution is 2.28. The van der Waals surface area contributed by atoms with Crippen molar-refractivity contribution < 1.29 is 24.2 Å². The maximum Gasteiger partial charge on any atom is 0.337 e. The highest BCUT2D eigenvalue weighted by Gasteiger charge is 2.09. The van der Waals surface area contributed by atoms with Crippen LogP contribution >= 0.6 is 0 Å². The van der Waals surface area contributed by atoms with Crippen LogP contribution in [0.3, 0.4) is 0 Å². The molecule has 1 N–H and O–H groups in total. The zero-order valence-electron chi connectivity index (χ0n) is 12.9. The molecule has 0 heterocycles. The first kappa shape index (κ1) is 17.0. The molecule has 6 heteroatoms. The molecule has 122 valence electrons. The molecule has 2 aromatic rings. The number of benzene rings is 2. The lowest BCUT2D eigenvalue weighted by Gasteiger charge is -2.08. The normalized spacial score (nSPS) is 10.4. The van der Waals surface area contributed by atoms with Crippen molar-refractivity contribution in [2.45, 2.75) is 0 Å². The summed E-state index contributed by atoms with van der Waals surface area (Å²) in [5.41, 5.74) is 1.11. The second-order valence-electron chi connectivity index (χ2n) is 4.62. The fourth-order valence-electron chi connectivity index (χ4n) is 1.91. The molecule has 0 aliphatic heterocycles. The van der Waals surface area contributed by atoms with Crippen molar-refractivity contribution in [3.63, 3.8) is 0 Å². The topological polar surface area (TPSA) is 85.2 Å². The molecule has 0 radical (unpaired) electrons. The van der Waals surface area contributed by atoms with E-state index >= 15 is 0 Å². The van der Waals surface area contributed by atoms with Gasteiger partial charge in [-0.3, -0.25) is 4.99 Å². The van der Waals surface area contributed by atoms with Gasteiger partial charge in [0.05, 0.1) is 18.4 Å². The van der Waals surface area contributed by atoms with E-state index in [0.717, 1.165) is 6.08 Å². The van der Waals surface area contributed by atoms with Gasteiger partial charge in [0.1, 0.15) is 0 Å². The van der Waals surface area contributed by atoms with Crippen molar-refractivity contribution in [1.29, 1.82) is 0 Å². The van der Waals surface area contributed by atoms with E-state index in [0.29, 0.717) is 17.0 Å². The number of carbonyl (C=O) groups is 2. The standard InChI is InChI=1S/C18H15NO5/c1-3-17(20)24-15-9-8-12(10-16(15)23-2)11-19-14-7-5-4-6-13(14)18(21)22/h3-11H,1H2,2H3,(H,21,22). The zero-order chi connectivity index (χ0) is 17.5. The summed E-state index contributed by atoms with van der Waals surface area (Å²) < 4.78 is 10.2. The Balaban J connectivity index is 2.29. The lowest BCUT2D eigenvalue weighted by molar-refractivity contribution is -0.129. The van der Waals surface area contributed by atoms with Crippen LogP contribution in [0.25, 0.3) is 0 Å². The number of aliphatic imine (C=N–C) groups is 1. The molecule has 6 nitrogen and oxygen atoms in total. The number of carbonyl (C=O) groups excluding carboxylic acids is 1. The number of hydrogen-bond donors (Lipinski definition) is 1. The van der Waals surface area contributed by atoms with Crippen LogP contribution in [0, 0.1) is 0 Å². The highest BCUT2D eigenvalue weighted by atomic mass is 16.6. The summed E-state index contributed by atoms with van der Waals surface area (Å²) in [6.45, 7) is 3.33. The molecule has 0 aliphatic carbocycles. The third-order valence-corrected chi connectivity index (χ3v) is 3.05. The van der Waals surface area contributed by atoms with E-state index in [-0.39, 0.29) is 11.3 Å². The highest BCUT2D eigenvalue weighted by molar-refractivity contribution is 5.95. The second kappa shape index (κ2) is 7.73. The van der Waals surface area contributed by atoms with Crippen LogP contribution in [0.15, 0.2) is 60.1 Å². The third-order valence-electron chi connectivity index (χ3n) is 3.05. The molecule has 0 saturated heterocycles. The van der Waals surface area contributed by atoms with E-state index in [2.05, 4.69) is 11.6 Å². The van der Waals surface area contributed by atoms with Crippen LogP contribution in [0.2, 0.25) is 0 Å². The number of rotatable bonds is 6. The van der Waals surface area contributed by atoms with Gasteiger partial charge in [-0.05, 0) is 35.9 Å². The fourth-order valence-corrected chi connectivity index (χ4v) is 1.91. The zero-order valence-corrected chi connectivity index (χ0v) is 12.9. The molecule has 0 bridgehead atoms. The number of methoxy groups -OCH3 is 1. The van der Waals surface area contributed by atoms with Crippen LogP contribution in [0.5, 0.6) is 11.5 Å². The molecule has 2 aromatic carbocycles. The molecule has 24 heavy (non-hydrogen) atoms. The minimum atomic E-state index is -1.05. The Labute approximate surface area is 138 Å². The Bertz CT molecular complexity index is 811. The fraction of sp³-hybridized carbons (Fsp3) is 0.0556. The van der Waals surface area contributed by atoms with Gasteiger partial charge in [0.25, 0.3) is 0 Å². The Morgan fingerprint density at radius 1 is 1.17 bits per heavy atom. The van der Waals surface area contributed by atoms with Gasteiger partial charge < -0.3 is 14.6 Å². The van der Waals surface area contributed by atoms with Crippen LogP contribution in [0.4, 0.5) is 5.69 Å². The van der Waals surface area contributed by atoms with Gasteiger partial charge in [-0.15, -0.1) is 0 Å². The van der Waals surface area contributed by atoms with Crippen molar-refractivity contribution in [2.75, 3.05) is 7.11 Å².